The summed E-state index contributed by atoms with van der Waals surface area (Å²) in [6.45, 7) is 2.43. The summed E-state index contributed by atoms with van der Waals surface area (Å²) in [5.41, 5.74) is 1.88. The summed E-state index contributed by atoms with van der Waals surface area (Å²) in [7, 11) is 0. The Morgan fingerprint density at radius 3 is 2.77 bits per heavy atom. The van der Waals surface area contributed by atoms with Crippen molar-refractivity contribution in [2.75, 3.05) is 11.9 Å². The zero-order chi connectivity index (χ0) is 21.1. The minimum Gasteiger partial charge on any atom is -0.494 e. The number of halogens is 1. The van der Waals surface area contributed by atoms with Crippen molar-refractivity contribution in [1.29, 1.82) is 0 Å². The molecular weight excluding hydrogens is 405 g/mol. The molecular formula is C22H20FN3O3S. The maximum absolute atomic E-state index is 13.1. The van der Waals surface area contributed by atoms with Crippen molar-refractivity contribution >= 4 is 23.5 Å². The molecule has 0 fully saturated rings. The lowest BCUT2D eigenvalue weighted by Gasteiger charge is -2.24. The SMILES string of the molecule is CCOc1cccc([C@@H]2CC(=O)Nc3nc(SCc4ccc(F)cc4)[nH]c(=O)c32)c1. The number of hydrogen-bond donors (Lipinski definition) is 2. The number of carbonyl (C=O) groups excluding carboxylic acids is 1. The van der Waals surface area contributed by atoms with Crippen LogP contribution in [0, 0.1) is 5.82 Å². The molecule has 2 aromatic carbocycles. The molecule has 0 bridgehead atoms. The predicted molar refractivity (Wildman–Crippen MR) is 114 cm³/mol. The monoisotopic (exact) mass is 425 g/mol. The number of fused-ring (bicyclic) bond motifs is 1. The highest BCUT2D eigenvalue weighted by atomic mass is 32.2. The van der Waals surface area contributed by atoms with Crippen LogP contribution in [0.3, 0.4) is 0 Å². The van der Waals surface area contributed by atoms with Crippen molar-refractivity contribution in [3.05, 3.63) is 81.4 Å². The second-order valence-electron chi connectivity index (χ2n) is 6.86. The van der Waals surface area contributed by atoms with Crippen molar-refractivity contribution in [1.82, 2.24) is 9.97 Å². The number of hydrogen-bond acceptors (Lipinski definition) is 5. The Labute approximate surface area is 176 Å². The predicted octanol–water partition coefficient (Wildman–Crippen LogP) is 4.07. The summed E-state index contributed by atoms with van der Waals surface area (Å²) >= 11 is 1.31. The summed E-state index contributed by atoms with van der Waals surface area (Å²) in [5.74, 6) is 0.590. The van der Waals surface area contributed by atoms with E-state index >= 15 is 0 Å². The van der Waals surface area contributed by atoms with Gasteiger partial charge in [0, 0.05) is 18.1 Å². The topological polar surface area (TPSA) is 84.1 Å². The van der Waals surface area contributed by atoms with Gasteiger partial charge in [0.05, 0.1) is 12.2 Å². The smallest absolute Gasteiger partial charge is 0.257 e. The molecule has 1 atom stereocenters. The highest BCUT2D eigenvalue weighted by Gasteiger charge is 2.31. The number of anilines is 1. The first-order chi connectivity index (χ1) is 14.5. The number of aromatic amines is 1. The number of carbonyl (C=O) groups is 1. The van der Waals surface area contributed by atoms with Gasteiger partial charge >= 0.3 is 0 Å². The van der Waals surface area contributed by atoms with Gasteiger partial charge in [-0.05, 0) is 42.3 Å². The molecule has 0 saturated carbocycles. The molecule has 0 saturated heterocycles. The van der Waals surface area contributed by atoms with Crippen LogP contribution in [0.5, 0.6) is 5.75 Å². The molecule has 1 aromatic heterocycles. The van der Waals surface area contributed by atoms with Crippen LogP contribution in [0.4, 0.5) is 10.2 Å². The zero-order valence-electron chi connectivity index (χ0n) is 16.3. The van der Waals surface area contributed by atoms with Crippen molar-refractivity contribution in [2.24, 2.45) is 0 Å². The van der Waals surface area contributed by atoms with Crippen LogP contribution in [0.15, 0.2) is 58.5 Å². The van der Waals surface area contributed by atoms with Gasteiger partial charge in [0.15, 0.2) is 5.16 Å². The van der Waals surface area contributed by atoms with Gasteiger partial charge in [-0.2, -0.15) is 0 Å². The molecule has 0 unspecified atom stereocenters. The van der Waals surface area contributed by atoms with E-state index in [1.807, 2.05) is 31.2 Å². The molecule has 2 heterocycles. The van der Waals surface area contributed by atoms with Crippen LogP contribution in [0.2, 0.25) is 0 Å². The highest BCUT2D eigenvalue weighted by Crippen LogP contribution is 2.35. The van der Waals surface area contributed by atoms with E-state index in [-0.39, 0.29) is 29.5 Å². The molecule has 4 rings (SSSR count). The normalized spacial score (nSPS) is 15.4. The second kappa shape index (κ2) is 8.71. The Balaban J connectivity index is 1.63. The number of rotatable bonds is 6. The Hall–Kier alpha value is -3.13. The average Bonchev–Trinajstić information content (AvgIpc) is 2.73. The molecule has 1 aliphatic rings. The fourth-order valence-corrected chi connectivity index (χ4v) is 4.24. The number of aromatic nitrogens is 2. The number of nitrogens with zero attached hydrogens (tertiary/aromatic N) is 1. The maximum Gasteiger partial charge on any atom is 0.257 e. The third kappa shape index (κ3) is 4.38. The molecule has 0 radical (unpaired) electrons. The van der Waals surface area contributed by atoms with E-state index in [9.17, 15) is 14.0 Å². The summed E-state index contributed by atoms with van der Waals surface area (Å²) < 4.78 is 18.6. The van der Waals surface area contributed by atoms with Gasteiger partial charge in [0.2, 0.25) is 5.91 Å². The van der Waals surface area contributed by atoms with Gasteiger partial charge in [0.1, 0.15) is 17.4 Å². The van der Waals surface area contributed by atoms with Crippen LogP contribution in [0.25, 0.3) is 0 Å². The Morgan fingerprint density at radius 2 is 2.00 bits per heavy atom. The fraction of sp³-hybridized carbons (Fsp3) is 0.227. The minimum atomic E-state index is -0.401. The van der Waals surface area contributed by atoms with Gasteiger partial charge in [-0.15, -0.1) is 0 Å². The van der Waals surface area contributed by atoms with Crippen LogP contribution in [-0.2, 0) is 10.5 Å². The van der Waals surface area contributed by atoms with Gasteiger partial charge in [-0.25, -0.2) is 9.37 Å². The molecule has 0 spiro atoms. The van der Waals surface area contributed by atoms with Gasteiger partial charge in [-0.3, -0.25) is 9.59 Å². The number of ether oxygens (including phenoxy) is 1. The molecule has 2 N–H and O–H groups in total. The number of benzene rings is 2. The summed E-state index contributed by atoms with van der Waals surface area (Å²) in [6, 6.07) is 13.6. The lowest BCUT2D eigenvalue weighted by atomic mass is 9.87. The van der Waals surface area contributed by atoms with Crippen LogP contribution < -0.4 is 15.6 Å². The Bertz CT molecular complexity index is 1130. The molecule has 30 heavy (non-hydrogen) atoms. The minimum absolute atomic E-state index is 0.162. The van der Waals surface area contributed by atoms with Crippen LogP contribution in [-0.4, -0.2) is 22.5 Å². The van der Waals surface area contributed by atoms with E-state index in [1.165, 1.54) is 23.9 Å². The highest BCUT2D eigenvalue weighted by molar-refractivity contribution is 7.98. The quantitative estimate of drug-likeness (QED) is 0.459. The first-order valence-corrected chi connectivity index (χ1v) is 10.6. The second-order valence-corrected chi connectivity index (χ2v) is 7.82. The van der Waals surface area contributed by atoms with E-state index in [0.717, 1.165) is 11.1 Å². The molecule has 0 aliphatic carbocycles. The van der Waals surface area contributed by atoms with Crippen molar-refractivity contribution < 1.29 is 13.9 Å². The zero-order valence-corrected chi connectivity index (χ0v) is 17.1. The van der Waals surface area contributed by atoms with Crippen molar-refractivity contribution in [2.45, 2.75) is 30.2 Å². The molecule has 3 aromatic rings. The lowest BCUT2D eigenvalue weighted by molar-refractivity contribution is -0.116. The maximum atomic E-state index is 13.1. The summed E-state index contributed by atoms with van der Waals surface area (Å²) in [4.78, 5) is 32.5. The third-order valence-electron chi connectivity index (χ3n) is 4.79. The van der Waals surface area contributed by atoms with Gasteiger partial charge in [-0.1, -0.05) is 36.0 Å². The molecule has 1 amide bonds. The first kappa shape index (κ1) is 20.2. The molecule has 8 heteroatoms. The molecule has 154 valence electrons. The number of H-pyrrole nitrogens is 1. The van der Waals surface area contributed by atoms with E-state index < -0.39 is 5.92 Å². The van der Waals surface area contributed by atoms with E-state index in [2.05, 4.69) is 15.3 Å². The largest absolute Gasteiger partial charge is 0.494 e. The van der Waals surface area contributed by atoms with Crippen LogP contribution >= 0.6 is 11.8 Å². The van der Waals surface area contributed by atoms with Crippen molar-refractivity contribution in [3.8, 4) is 5.75 Å². The molecule has 1 aliphatic heterocycles. The van der Waals surface area contributed by atoms with E-state index in [1.54, 1.807) is 12.1 Å². The average molecular weight is 425 g/mol. The van der Waals surface area contributed by atoms with Crippen LogP contribution in [0.1, 0.15) is 36.0 Å². The Morgan fingerprint density at radius 1 is 1.20 bits per heavy atom. The molecule has 6 nitrogen and oxygen atoms in total. The van der Waals surface area contributed by atoms with Gasteiger partial charge in [0.25, 0.3) is 5.56 Å². The lowest BCUT2D eigenvalue weighted by Crippen LogP contribution is -2.31. The Kier molecular flexibility index (Phi) is 5.85. The van der Waals surface area contributed by atoms with E-state index in [4.69, 9.17) is 4.74 Å². The first-order valence-electron chi connectivity index (χ1n) is 9.57. The number of amides is 1. The standard InChI is InChI=1S/C22H20FN3O3S/c1-2-29-16-5-3-4-14(10-16)17-11-18(27)24-20-19(17)21(28)26-22(25-20)30-12-13-6-8-15(23)9-7-13/h3-10,17H,2,11-12H2,1H3,(H2,24,25,26,27,28)/t17-/m0/s1. The van der Waals surface area contributed by atoms with Gasteiger partial charge < -0.3 is 15.0 Å². The number of thioether (sulfide) groups is 1. The number of nitrogens with one attached hydrogen (secondary N) is 2. The summed E-state index contributed by atoms with van der Waals surface area (Å²) in [5, 5.41) is 3.12. The van der Waals surface area contributed by atoms with Crippen molar-refractivity contribution in [3.63, 3.8) is 0 Å². The van der Waals surface area contributed by atoms with E-state index in [0.29, 0.717) is 28.8 Å². The summed E-state index contributed by atoms with van der Waals surface area (Å²) in [6.07, 6.45) is 0.162. The fourth-order valence-electron chi connectivity index (χ4n) is 3.42. The third-order valence-corrected chi connectivity index (χ3v) is 5.73.